The fraction of sp³-hybridized carbons (Fsp3) is 0.667. The summed E-state index contributed by atoms with van der Waals surface area (Å²) in [6.45, 7) is 8.42. The molecule has 0 bridgehead atoms. The SMILES string of the molecule is CN(C(=O)ON1C(C)(C)CCCC1(C)C)c1ccco1. The third-order valence-corrected chi connectivity index (χ3v) is 3.96. The summed E-state index contributed by atoms with van der Waals surface area (Å²) < 4.78 is 5.22. The summed E-state index contributed by atoms with van der Waals surface area (Å²) in [6.07, 6.45) is 4.26. The molecule has 2 heterocycles. The molecule has 0 spiro atoms. The average molecular weight is 280 g/mol. The van der Waals surface area contributed by atoms with Gasteiger partial charge in [-0.1, -0.05) is 0 Å². The molecule has 1 aliphatic rings. The van der Waals surface area contributed by atoms with Crippen molar-refractivity contribution in [1.29, 1.82) is 0 Å². The van der Waals surface area contributed by atoms with E-state index in [9.17, 15) is 4.79 Å². The van der Waals surface area contributed by atoms with Crippen LogP contribution in [0.1, 0.15) is 47.0 Å². The number of carbonyl (C=O) groups excluding carboxylic acids is 1. The summed E-state index contributed by atoms with van der Waals surface area (Å²) in [5.41, 5.74) is -0.331. The summed E-state index contributed by atoms with van der Waals surface area (Å²) >= 11 is 0. The zero-order valence-electron chi connectivity index (χ0n) is 13.0. The lowest BCUT2D eigenvalue weighted by molar-refractivity contribution is -0.237. The number of piperidine rings is 1. The van der Waals surface area contributed by atoms with Crippen LogP contribution in [0.2, 0.25) is 0 Å². The summed E-state index contributed by atoms with van der Waals surface area (Å²) in [5, 5.41) is 1.84. The molecule has 2 rings (SSSR count). The molecular formula is C15H24N2O3. The quantitative estimate of drug-likeness (QED) is 0.826. The molecule has 0 aromatic carbocycles. The Morgan fingerprint density at radius 1 is 1.30 bits per heavy atom. The van der Waals surface area contributed by atoms with Crippen LogP contribution in [-0.2, 0) is 4.84 Å². The van der Waals surface area contributed by atoms with E-state index in [4.69, 9.17) is 9.25 Å². The highest BCUT2D eigenvalue weighted by atomic mass is 16.7. The van der Waals surface area contributed by atoms with Gasteiger partial charge in [0, 0.05) is 13.1 Å². The third kappa shape index (κ3) is 2.82. The first-order chi connectivity index (χ1) is 9.24. The van der Waals surface area contributed by atoms with E-state index in [0.29, 0.717) is 5.88 Å². The molecule has 1 fully saturated rings. The number of rotatable bonds is 2. The Kier molecular flexibility index (Phi) is 3.82. The molecular weight excluding hydrogens is 256 g/mol. The van der Waals surface area contributed by atoms with E-state index in [1.165, 1.54) is 11.2 Å². The van der Waals surface area contributed by atoms with Crippen LogP contribution >= 0.6 is 0 Å². The van der Waals surface area contributed by atoms with Crippen LogP contribution < -0.4 is 4.90 Å². The Morgan fingerprint density at radius 3 is 2.40 bits per heavy atom. The standard InChI is InChI=1S/C15H24N2O3/c1-14(2)9-7-10-15(3,4)17(14)20-13(18)16(5)12-8-6-11-19-12/h6,8,11H,7,9-10H2,1-5H3. The number of amides is 1. The minimum atomic E-state index is -0.428. The predicted octanol–water partition coefficient (Wildman–Crippen LogP) is 3.81. The van der Waals surface area contributed by atoms with Gasteiger partial charge in [-0.05, 0) is 53.0 Å². The van der Waals surface area contributed by atoms with Crippen molar-refractivity contribution in [2.24, 2.45) is 0 Å². The van der Waals surface area contributed by atoms with Crippen LogP contribution in [0, 0.1) is 0 Å². The Labute approximate surface area is 120 Å². The number of nitrogens with zero attached hydrogens (tertiary/aromatic N) is 2. The third-order valence-electron chi connectivity index (χ3n) is 3.96. The molecule has 0 N–H and O–H groups in total. The maximum atomic E-state index is 12.3. The van der Waals surface area contributed by atoms with Crippen molar-refractivity contribution in [3.8, 4) is 0 Å². The fourth-order valence-electron chi connectivity index (χ4n) is 2.91. The van der Waals surface area contributed by atoms with Crippen molar-refractivity contribution in [3.05, 3.63) is 18.4 Å². The van der Waals surface area contributed by atoms with Gasteiger partial charge in [-0.25, -0.2) is 9.69 Å². The molecule has 1 aromatic rings. The van der Waals surface area contributed by atoms with Crippen molar-refractivity contribution in [2.75, 3.05) is 11.9 Å². The van der Waals surface area contributed by atoms with Crippen molar-refractivity contribution in [3.63, 3.8) is 0 Å². The number of anilines is 1. The van der Waals surface area contributed by atoms with Crippen molar-refractivity contribution >= 4 is 12.0 Å². The molecule has 0 radical (unpaired) electrons. The van der Waals surface area contributed by atoms with E-state index in [1.54, 1.807) is 19.2 Å². The van der Waals surface area contributed by atoms with Crippen molar-refractivity contribution in [1.82, 2.24) is 5.06 Å². The monoisotopic (exact) mass is 280 g/mol. The Balaban J connectivity index is 2.12. The number of furan rings is 1. The summed E-state index contributed by atoms with van der Waals surface area (Å²) in [4.78, 5) is 19.3. The molecule has 20 heavy (non-hydrogen) atoms. The van der Waals surface area contributed by atoms with E-state index in [0.717, 1.165) is 19.3 Å². The number of hydroxylamine groups is 2. The van der Waals surface area contributed by atoms with Gasteiger partial charge in [0.2, 0.25) is 5.88 Å². The molecule has 0 atom stereocenters. The first-order valence-electron chi connectivity index (χ1n) is 7.03. The number of hydrogen-bond donors (Lipinski definition) is 0. The second kappa shape index (κ2) is 5.13. The predicted molar refractivity (Wildman–Crippen MR) is 77.4 cm³/mol. The topological polar surface area (TPSA) is 45.9 Å². The van der Waals surface area contributed by atoms with Crippen LogP contribution in [0.15, 0.2) is 22.8 Å². The van der Waals surface area contributed by atoms with Crippen LogP contribution in [-0.4, -0.2) is 29.3 Å². The van der Waals surface area contributed by atoms with Crippen molar-refractivity contribution in [2.45, 2.75) is 58.0 Å². The highest BCUT2D eigenvalue weighted by Gasteiger charge is 2.44. The Morgan fingerprint density at radius 2 is 1.90 bits per heavy atom. The van der Waals surface area contributed by atoms with Gasteiger partial charge in [0.15, 0.2) is 0 Å². The molecule has 1 amide bonds. The maximum absolute atomic E-state index is 12.3. The van der Waals surface area contributed by atoms with Crippen LogP contribution in [0.4, 0.5) is 10.7 Å². The lowest BCUT2D eigenvalue weighted by atomic mass is 9.82. The van der Waals surface area contributed by atoms with Gasteiger partial charge in [0.05, 0.1) is 17.3 Å². The zero-order valence-corrected chi connectivity index (χ0v) is 13.0. The van der Waals surface area contributed by atoms with Gasteiger partial charge in [-0.2, -0.15) is 0 Å². The lowest BCUT2D eigenvalue weighted by Gasteiger charge is -2.50. The van der Waals surface area contributed by atoms with E-state index < -0.39 is 6.09 Å². The summed E-state index contributed by atoms with van der Waals surface area (Å²) in [7, 11) is 1.64. The number of carbonyl (C=O) groups is 1. The molecule has 112 valence electrons. The maximum Gasteiger partial charge on any atom is 0.435 e. The molecule has 1 aliphatic heterocycles. The van der Waals surface area contributed by atoms with E-state index in [2.05, 4.69) is 27.7 Å². The minimum Gasteiger partial charge on any atom is -0.448 e. The lowest BCUT2D eigenvalue weighted by Crippen LogP contribution is -2.59. The minimum absolute atomic E-state index is 0.165. The van der Waals surface area contributed by atoms with Gasteiger partial charge in [-0.3, -0.25) is 0 Å². The first-order valence-corrected chi connectivity index (χ1v) is 7.03. The van der Waals surface area contributed by atoms with Gasteiger partial charge in [0.1, 0.15) is 0 Å². The van der Waals surface area contributed by atoms with E-state index >= 15 is 0 Å². The number of hydrogen-bond acceptors (Lipinski definition) is 4. The second-order valence-corrected chi connectivity index (χ2v) is 6.64. The summed E-state index contributed by atoms with van der Waals surface area (Å²) in [6, 6.07) is 3.47. The van der Waals surface area contributed by atoms with Gasteiger partial charge < -0.3 is 9.25 Å². The Hall–Kier alpha value is -1.49. The highest BCUT2D eigenvalue weighted by molar-refractivity contribution is 5.84. The van der Waals surface area contributed by atoms with E-state index in [-0.39, 0.29) is 11.1 Å². The normalized spacial score (nSPS) is 21.4. The highest BCUT2D eigenvalue weighted by Crippen LogP contribution is 2.38. The second-order valence-electron chi connectivity index (χ2n) is 6.64. The van der Waals surface area contributed by atoms with Gasteiger partial charge in [-0.15, -0.1) is 5.06 Å². The van der Waals surface area contributed by atoms with Crippen LogP contribution in [0.3, 0.4) is 0 Å². The van der Waals surface area contributed by atoms with Gasteiger partial charge in [0.25, 0.3) is 0 Å². The molecule has 0 unspecified atom stereocenters. The van der Waals surface area contributed by atoms with Crippen LogP contribution in [0.5, 0.6) is 0 Å². The summed E-state index contributed by atoms with van der Waals surface area (Å²) in [5.74, 6) is 0.475. The molecule has 5 nitrogen and oxygen atoms in total. The van der Waals surface area contributed by atoms with E-state index in [1.807, 2.05) is 5.06 Å². The van der Waals surface area contributed by atoms with Crippen LogP contribution in [0.25, 0.3) is 0 Å². The van der Waals surface area contributed by atoms with Crippen molar-refractivity contribution < 1.29 is 14.0 Å². The van der Waals surface area contributed by atoms with Gasteiger partial charge >= 0.3 is 6.09 Å². The largest absolute Gasteiger partial charge is 0.448 e. The zero-order chi connectivity index (χ0) is 15.0. The molecule has 1 saturated heterocycles. The molecule has 0 saturated carbocycles. The Bertz CT molecular complexity index is 449. The molecule has 1 aromatic heterocycles. The first kappa shape index (κ1) is 14.9. The molecule has 5 heteroatoms. The molecule has 0 aliphatic carbocycles. The fourth-order valence-corrected chi connectivity index (χ4v) is 2.91. The smallest absolute Gasteiger partial charge is 0.435 e. The average Bonchev–Trinajstić information content (AvgIpc) is 2.85.